The highest BCUT2D eigenvalue weighted by Crippen LogP contribution is 2.29. The molecule has 16 heavy (non-hydrogen) atoms. The van der Waals surface area contributed by atoms with Gasteiger partial charge >= 0.3 is 0 Å². The van der Waals surface area contributed by atoms with Crippen LogP contribution >= 0.6 is 0 Å². The molecule has 2 rings (SSSR count). The van der Waals surface area contributed by atoms with Crippen LogP contribution in [0.4, 0.5) is 0 Å². The van der Waals surface area contributed by atoms with Crippen molar-refractivity contribution >= 4 is 0 Å². The maximum atomic E-state index is 6.07. The maximum absolute atomic E-state index is 6.07. The lowest BCUT2D eigenvalue weighted by atomic mass is 9.82. The lowest BCUT2D eigenvalue weighted by Gasteiger charge is -2.34. The summed E-state index contributed by atoms with van der Waals surface area (Å²) in [4.78, 5) is 0. The van der Waals surface area contributed by atoms with Gasteiger partial charge in [-0.2, -0.15) is 0 Å². The van der Waals surface area contributed by atoms with E-state index in [1.165, 1.54) is 32.1 Å². The minimum atomic E-state index is 0.440. The zero-order chi connectivity index (χ0) is 11.4. The number of hydrogen-bond donors (Lipinski definition) is 2. The first-order chi connectivity index (χ1) is 7.70. The summed E-state index contributed by atoms with van der Waals surface area (Å²) in [5.41, 5.74) is 6.52. The van der Waals surface area contributed by atoms with E-state index in [0.29, 0.717) is 17.4 Å². The van der Waals surface area contributed by atoms with Gasteiger partial charge in [0.05, 0.1) is 0 Å². The van der Waals surface area contributed by atoms with Crippen LogP contribution in [0.3, 0.4) is 0 Å². The van der Waals surface area contributed by atoms with Gasteiger partial charge in [-0.15, -0.1) is 0 Å². The Morgan fingerprint density at radius 3 is 2.69 bits per heavy atom. The van der Waals surface area contributed by atoms with Crippen molar-refractivity contribution in [2.24, 2.45) is 17.1 Å². The van der Waals surface area contributed by atoms with Crippen molar-refractivity contribution < 1.29 is 4.74 Å². The Morgan fingerprint density at radius 2 is 2.06 bits per heavy atom. The van der Waals surface area contributed by atoms with E-state index in [9.17, 15) is 0 Å². The van der Waals surface area contributed by atoms with Gasteiger partial charge < -0.3 is 15.8 Å². The molecule has 0 bridgehead atoms. The third-order valence-electron chi connectivity index (χ3n) is 4.38. The van der Waals surface area contributed by atoms with Crippen LogP contribution < -0.4 is 11.1 Å². The monoisotopic (exact) mass is 226 g/mol. The molecule has 1 saturated heterocycles. The first-order valence-electron chi connectivity index (χ1n) is 6.74. The second-order valence-electron chi connectivity index (χ2n) is 5.91. The molecule has 2 unspecified atom stereocenters. The van der Waals surface area contributed by atoms with Gasteiger partial charge in [-0.25, -0.2) is 0 Å². The quantitative estimate of drug-likeness (QED) is 0.764. The van der Waals surface area contributed by atoms with E-state index in [2.05, 4.69) is 12.2 Å². The van der Waals surface area contributed by atoms with Crippen LogP contribution in [0.25, 0.3) is 0 Å². The van der Waals surface area contributed by atoms with Crippen LogP contribution in [0.1, 0.15) is 39.0 Å². The van der Waals surface area contributed by atoms with Crippen LogP contribution in [0.5, 0.6) is 0 Å². The molecule has 0 aromatic rings. The van der Waals surface area contributed by atoms with Crippen LogP contribution in [0.15, 0.2) is 0 Å². The van der Waals surface area contributed by atoms with Crippen molar-refractivity contribution in [1.82, 2.24) is 5.32 Å². The fourth-order valence-electron chi connectivity index (χ4n) is 2.92. The van der Waals surface area contributed by atoms with E-state index in [-0.39, 0.29) is 0 Å². The van der Waals surface area contributed by atoms with Crippen LogP contribution in [-0.2, 0) is 4.74 Å². The molecule has 2 aliphatic rings. The highest BCUT2D eigenvalue weighted by Gasteiger charge is 2.28. The number of ether oxygens (including phenoxy) is 1. The van der Waals surface area contributed by atoms with E-state index in [1.807, 2.05) is 0 Å². The fourth-order valence-corrected chi connectivity index (χ4v) is 2.92. The third kappa shape index (κ3) is 3.19. The Balaban J connectivity index is 1.66. The Hall–Kier alpha value is -0.120. The average molecular weight is 226 g/mol. The summed E-state index contributed by atoms with van der Waals surface area (Å²) in [5, 5.41) is 3.63. The number of nitrogens with two attached hydrogens (primary N) is 1. The molecule has 1 aliphatic carbocycles. The van der Waals surface area contributed by atoms with Crippen molar-refractivity contribution in [3.8, 4) is 0 Å². The topological polar surface area (TPSA) is 47.3 Å². The summed E-state index contributed by atoms with van der Waals surface area (Å²) in [5.74, 6) is 0.712. The summed E-state index contributed by atoms with van der Waals surface area (Å²) in [6.07, 6.45) is 6.23. The molecule has 1 aliphatic heterocycles. The lowest BCUT2D eigenvalue weighted by Crippen LogP contribution is -2.40. The van der Waals surface area contributed by atoms with E-state index in [4.69, 9.17) is 10.5 Å². The van der Waals surface area contributed by atoms with E-state index in [1.54, 1.807) is 0 Å². The van der Waals surface area contributed by atoms with Gasteiger partial charge in [0.25, 0.3) is 0 Å². The normalized spacial score (nSPS) is 34.1. The zero-order valence-electron chi connectivity index (χ0n) is 10.5. The first kappa shape index (κ1) is 12.3. The highest BCUT2D eigenvalue weighted by atomic mass is 16.5. The standard InChI is InChI=1S/C13H26N2O/c1-13(5-7-16-8-6-13)10-15-9-11-3-2-4-12(11)14/h11-12,15H,2-10,14H2,1H3. The van der Waals surface area contributed by atoms with Crippen LogP contribution in [-0.4, -0.2) is 32.3 Å². The molecule has 0 spiro atoms. The minimum Gasteiger partial charge on any atom is -0.381 e. The average Bonchev–Trinajstić information content (AvgIpc) is 2.65. The second-order valence-corrected chi connectivity index (χ2v) is 5.91. The summed E-state index contributed by atoms with van der Waals surface area (Å²) in [7, 11) is 0. The molecule has 3 nitrogen and oxygen atoms in total. The molecule has 1 saturated carbocycles. The van der Waals surface area contributed by atoms with Gasteiger partial charge in [-0.3, -0.25) is 0 Å². The molecule has 0 aromatic heterocycles. The van der Waals surface area contributed by atoms with Crippen molar-refractivity contribution in [1.29, 1.82) is 0 Å². The Morgan fingerprint density at radius 1 is 1.31 bits per heavy atom. The maximum Gasteiger partial charge on any atom is 0.0471 e. The van der Waals surface area contributed by atoms with Gasteiger partial charge in [0.2, 0.25) is 0 Å². The molecule has 0 aromatic carbocycles. The summed E-state index contributed by atoms with van der Waals surface area (Å²) in [6, 6.07) is 0.440. The largest absolute Gasteiger partial charge is 0.381 e. The fraction of sp³-hybridized carbons (Fsp3) is 1.00. The third-order valence-corrected chi connectivity index (χ3v) is 4.38. The van der Waals surface area contributed by atoms with Crippen molar-refractivity contribution in [3.63, 3.8) is 0 Å². The summed E-state index contributed by atoms with van der Waals surface area (Å²) >= 11 is 0. The van der Waals surface area contributed by atoms with E-state index < -0.39 is 0 Å². The molecule has 2 atom stereocenters. The van der Waals surface area contributed by atoms with Crippen LogP contribution in [0.2, 0.25) is 0 Å². The molecule has 3 heteroatoms. The summed E-state index contributed by atoms with van der Waals surface area (Å²) < 4.78 is 5.41. The molecular formula is C13H26N2O. The molecule has 94 valence electrons. The predicted octanol–water partition coefficient (Wildman–Crippen LogP) is 1.52. The van der Waals surface area contributed by atoms with E-state index in [0.717, 1.165) is 26.3 Å². The van der Waals surface area contributed by atoms with Gasteiger partial charge in [0, 0.05) is 25.8 Å². The molecule has 0 radical (unpaired) electrons. The highest BCUT2D eigenvalue weighted by molar-refractivity contribution is 4.84. The molecule has 3 N–H and O–H groups in total. The SMILES string of the molecule is CC1(CNCC2CCCC2N)CCOCC1. The summed E-state index contributed by atoms with van der Waals surface area (Å²) in [6.45, 7) is 6.47. The second kappa shape index (κ2) is 5.48. The predicted molar refractivity (Wildman–Crippen MR) is 66.3 cm³/mol. The molecule has 1 heterocycles. The zero-order valence-corrected chi connectivity index (χ0v) is 10.5. The van der Waals surface area contributed by atoms with Gasteiger partial charge in [0.1, 0.15) is 0 Å². The smallest absolute Gasteiger partial charge is 0.0471 e. The lowest BCUT2D eigenvalue weighted by molar-refractivity contribution is 0.0237. The Bertz CT molecular complexity index is 214. The number of nitrogens with one attached hydrogen (secondary N) is 1. The number of hydrogen-bond acceptors (Lipinski definition) is 3. The van der Waals surface area contributed by atoms with Crippen molar-refractivity contribution in [2.75, 3.05) is 26.3 Å². The van der Waals surface area contributed by atoms with Crippen molar-refractivity contribution in [3.05, 3.63) is 0 Å². The minimum absolute atomic E-state index is 0.440. The molecular weight excluding hydrogens is 200 g/mol. The Kier molecular flexibility index (Phi) is 4.22. The Labute approximate surface area is 99.1 Å². The van der Waals surface area contributed by atoms with Gasteiger partial charge in [0.15, 0.2) is 0 Å². The number of rotatable bonds is 4. The first-order valence-corrected chi connectivity index (χ1v) is 6.74. The molecule has 2 fully saturated rings. The van der Waals surface area contributed by atoms with Gasteiger partial charge in [-0.1, -0.05) is 13.3 Å². The van der Waals surface area contributed by atoms with Crippen LogP contribution in [0, 0.1) is 11.3 Å². The van der Waals surface area contributed by atoms with E-state index >= 15 is 0 Å². The van der Waals surface area contributed by atoms with Gasteiger partial charge in [-0.05, 0) is 43.6 Å². The van der Waals surface area contributed by atoms with Crippen molar-refractivity contribution in [2.45, 2.75) is 45.1 Å². The molecule has 0 amide bonds.